The maximum atomic E-state index is 10.7. The Morgan fingerprint density at radius 3 is 3.00 bits per heavy atom. The second-order valence-corrected chi connectivity index (χ2v) is 6.00. The fourth-order valence-electron chi connectivity index (χ4n) is 1.13. The summed E-state index contributed by atoms with van der Waals surface area (Å²) in [6.45, 7) is 3.89. The first-order valence-electron chi connectivity index (χ1n) is 4.09. The zero-order valence-electron chi connectivity index (χ0n) is 7.50. The van der Waals surface area contributed by atoms with E-state index in [1.165, 1.54) is 11.8 Å². The molecule has 0 saturated carbocycles. The van der Waals surface area contributed by atoms with E-state index in [9.17, 15) is 4.79 Å². The van der Waals surface area contributed by atoms with E-state index in [0.29, 0.717) is 4.75 Å². The van der Waals surface area contributed by atoms with Crippen LogP contribution in [0.5, 0.6) is 0 Å². The Kier molecular flexibility index (Phi) is 3.72. The van der Waals surface area contributed by atoms with E-state index in [1.807, 2.05) is 11.8 Å². The molecule has 1 nitrogen and oxygen atoms in total. The summed E-state index contributed by atoms with van der Waals surface area (Å²) in [4.78, 5) is 10.7. The molecule has 0 amide bonds. The van der Waals surface area contributed by atoms with E-state index >= 15 is 0 Å². The van der Waals surface area contributed by atoms with Gasteiger partial charge in [-0.3, -0.25) is 4.79 Å². The molecule has 1 aliphatic heterocycles. The number of carbonyl (C=O) groups is 1. The minimum Gasteiger partial charge on any atom is -0.288 e. The Morgan fingerprint density at radius 1 is 1.75 bits per heavy atom. The molecule has 0 spiro atoms. The summed E-state index contributed by atoms with van der Waals surface area (Å²) in [6, 6.07) is 0. The highest BCUT2D eigenvalue weighted by Crippen LogP contribution is 2.39. The minimum absolute atomic E-state index is 0.231. The monoisotopic (exact) mass is 202 g/mol. The maximum absolute atomic E-state index is 10.7. The van der Waals surface area contributed by atoms with Crippen LogP contribution in [0.15, 0.2) is 11.5 Å². The summed E-state index contributed by atoms with van der Waals surface area (Å²) in [7, 11) is 0. The van der Waals surface area contributed by atoms with Crippen molar-refractivity contribution >= 4 is 28.6 Å². The van der Waals surface area contributed by atoms with Gasteiger partial charge in [-0.15, -0.1) is 11.8 Å². The highest BCUT2D eigenvalue weighted by molar-refractivity contribution is 8.13. The predicted octanol–water partition coefficient (Wildman–Crippen LogP) is 3.07. The lowest BCUT2D eigenvalue weighted by Gasteiger charge is -2.21. The normalized spacial score (nSPS) is 27.8. The number of carbonyl (C=O) groups excluding carboxylic acids is 1. The molecule has 0 saturated heterocycles. The van der Waals surface area contributed by atoms with Crippen LogP contribution in [-0.2, 0) is 4.79 Å². The van der Waals surface area contributed by atoms with Crippen LogP contribution in [0.4, 0.5) is 0 Å². The summed E-state index contributed by atoms with van der Waals surface area (Å²) in [6.07, 6.45) is 4.48. The third-order valence-electron chi connectivity index (χ3n) is 1.93. The lowest BCUT2D eigenvalue weighted by molar-refractivity contribution is -0.109. The molecule has 0 aromatic heterocycles. The van der Waals surface area contributed by atoms with Crippen molar-refractivity contribution in [1.82, 2.24) is 0 Å². The molecular weight excluding hydrogens is 188 g/mol. The number of hydrogen-bond donors (Lipinski definition) is 0. The molecule has 1 heterocycles. The van der Waals surface area contributed by atoms with Gasteiger partial charge in [-0.05, 0) is 25.2 Å². The molecular formula is C9H14OS2. The number of allylic oxidation sites excluding steroid dienone is 1. The molecule has 0 fully saturated rings. The van der Waals surface area contributed by atoms with Crippen molar-refractivity contribution < 1.29 is 4.79 Å². The first-order valence-corrected chi connectivity index (χ1v) is 5.95. The van der Waals surface area contributed by atoms with E-state index in [0.717, 1.165) is 18.6 Å². The van der Waals surface area contributed by atoms with E-state index in [2.05, 4.69) is 18.4 Å². The fraction of sp³-hybridized carbons (Fsp3) is 0.667. The Balaban J connectivity index is 2.18. The van der Waals surface area contributed by atoms with Crippen molar-refractivity contribution in [2.45, 2.75) is 31.4 Å². The average molecular weight is 202 g/mol. The van der Waals surface area contributed by atoms with Crippen LogP contribution in [-0.4, -0.2) is 15.6 Å². The van der Waals surface area contributed by atoms with Gasteiger partial charge in [-0.1, -0.05) is 17.8 Å². The topological polar surface area (TPSA) is 17.1 Å². The zero-order valence-corrected chi connectivity index (χ0v) is 9.13. The number of rotatable bonds is 3. The van der Waals surface area contributed by atoms with Crippen LogP contribution in [0.3, 0.4) is 0 Å². The van der Waals surface area contributed by atoms with Crippen molar-refractivity contribution in [2.24, 2.45) is 0 Å². The van der Waals surface area contributed by atoms with Crippen molar-refractivity contribution in [2.75, 3.05) is 5.75 Å². The van der Waals surface area contributed by atoms with Crippen LogP contribution in [0.2, 0.25) is 0 Å². The van der Waals surface area contributed by atoms with Crippen LogP contribution in [0, 0.1) is 0 Å². The Bertz CT molecular complexity index is 191. The van der Waals surface area contributed by atoms with Gasteiger partial charge in [0.25, 0.3) is 0 Å². The van der Waals surface area contributed by atoms with Gasteiger partial charge < -0.3 is 0 Å². The molecule has 1 unspecified atom stereocenters. The molecule has 1 aliphatic rings. The molecule has 0 aromatic rings. The van der Waals surface area contributed by atoms with Crippen LogP contribution >= 0.6 is 23.5 Å². The Morgan fingerprint density at radius 2 is 2.50 bits per heavy atom. The molecule has 0 bridgehead atoms. The Hall–Kier alpha value is 0.110. The summed E-state index contributed by atoms with van der Waals surface area (Å²) >= 11 is 3.33. The van der Waals surface area contributed by atoms with E-state index in [4.69, 9.17) is 0 Å². The van der Waals surface area contributed by atoms with Gasteiger partial charge in [0.15, 0.2) is 5.12 Å². The van der Waals surface area contributed by atoms with Crippen LogP contribution in [0.25, 0.3) is 0 Å². The van der Waals surface area contributed by atoms with Crippen molar-refractivity contribution in [3.05, 3.63) is 11.5 Å². The lowest BCUT2D eigenvalue weighted by Crippen LogP contribution is -2.16. The highest BCUT2D eigenvalue weighted by atomic mass is 32.2. The molecule has 0 aromatic carbocycles. The van der Waals surface area contributed by atoms with Gasteiger partial charge in [0, 0.05) is 17.4 Å². The second kappa shape index (κ2) is 4.38. The maximum Gasteiger partial charge on any atom is 0.185 e. The smallest absolute Gasteiger partial charge is 0.185 e. The van der Waals surface area contributed by atoms with E-state index in [-0.39, 0.29) is 5.12 Å². The molecule has 3 heteroatoms. The largest absolute Gasteiger partial charge is 0.288 e. The molecule has 1 atom stereocenters. The average Bonchev–Trinajstić information content (AvgIpc) is 2.35. The number of hydrogen-bond acceptors (Lipinski definition) is 3. The van der Waals surface area contributed by atoms with Crippen LogP contribution < -0.4 is 0 Å². The first-order chi connectivity index (χ1) is 5.62. The third-order valence-corrected chi connectivity index (χ3v) is 4.02. The Labute approximate surface area is 82.4 Å². The van der Waals surface area contributed by atoms with Crippen molar-refractivity contribution in [3.8, 4) is 0 Å². The highest BCUT2D eigenvalue weighted by Gasteiger charge is 2.25. The van der Waals surface area contributed by atoms with Gasteiger partial charge in [-0.25, -0.2) is 0 Å². The predicted molar refractivity (Wildman–Crippen MR) is 57.5 cm³/mol. The first kappa shape index (κ1) is 10.2. The standard InChI is InChI=1S/C9H14OS2/c1-8(10)11-7-5-9(2)4-3-6-12-9/h3,6H,4-5,7H2,1-2H3. The van der Waals surface area contributed by atoms with Crippen molar-refractivity contribution in [1.29, 1.82) is 0 Å². The molecule has 0 aliphatic carbocycles. The van der Waals surface area contributed by atoms with Gasteiger partial charge in [0.2, 0.25) is 0 Å². The SMILES string of the molecule is CC(=O)SCCC1(C)CC=CS1. The van der Waals surface area contributed by atoms with Crippen LogP contribution in [0.1, 0.15) is 26.7 Å². The molecule has 12 heavy (non-hydrogen) atoms. The van der Waals surface area contributed by atoms with Gasteiger partial charge >= 0.3 is 0 Å². The minimum atomic E-state index is 0.231. The molecule has 68 valence electrons. The van der Waals surface area contributed by atoms with Crippen molar-refractivity contribution in [3.63, 3.8) is 0 Å². The summed E-state index contributed by atoms with van der Waals surface area (Å²) in [5, 5.41) is 2.40. The van der Waals surface area contributed by atoms with Gasteiger partial charge in [0.1, 0.15) is 0 Å². The zero-order chi connectivity index (χ0) is 9.03. The third kappa shape index (κ3) is 3.23. The molecule has 0 N–H and O–H groups in total. The van der Waals surface area contributed by atoms with E-state index in [1.54, 1.807) is 6.92 Å². The lowest BCUT2D eigenvalue weighted by atomic mass is 10.0. The van der Waals surface area contributed by atoms with Gasteiger partial charge in [0.05, 0.1) is 0 Å². The quantitative estimate of drug-likeness (QED) is 0.700. The fourth-order valence-corrected chi connectivity index (χ4v) is 3.03. The second-order valence-electron chi connectivity index (χ2n) is 3.23. The van der Waals surface area contributed by atoms with E-state index < -0.39 is 0 Å². The summed E-state index contributed by atoms with van der Waals surface area (Å²) < 4.78 is 0.364. The summed E-state index contributed by atoms with van der Waals surface area (Å²) in [5.41, 5.74) is 0. The molecule has 1 rings (SSSR count). The number of thioether (sulfide) groups is 2. The summed E-state index contributed by atoms with van der Waals surface area (Å²) in [5.74, 6) is 0.959. The van der Waals surface area contributed by atoms with Gasteiger partial charge in [-0.2, -0.15) is 0 Å². The molecule has 0 radical (unpaired) electrons.